The Kier molecular flexibility index (Phi) is 7.25. The molecular weight excluding hydrogens is 380 g/mol. The number of rotatable bonds is 6. The van der Waals surface area contributed by atoms with Crippen LogP contribution in [0.2, 0.25) is 5.02 Å². The monoisotopic (exact) mass is 406 g/mol. The molecule has 27 heavy (non-hydrogen) atoms. The molecule has 1 amide bonds. The molecular formula is C20H27ClN4OS. The number of nitrogens with zero attached hydrogens (tertiary/aromatic N) is 3. The number of benzene rings is 1. The first-order valence-electron chi connectivity index (χ1n) is 8.75. The first kappa shape index (κ1) is 21.7. The van der Waals surface area contributed by atoms with Crippen molar-refractivity contribution in [2.75, 3.05) is 26.9 Å². The maximum Gasteiger partial charge on any atom is 0.271 e. The lowest BCUT2D eigenvalue weighted by Crippen LogP contribution is -2.35. The van der Waals surface area contributed by atoms with Crippen LogP contribution in [0.1, 0.15) is 48.4 Å². The Morgan fingerprint density at radius 1 is 1.26 bits per heavy atom. The van der Waals surface area contributed by atoms with E-state index in [1.807, 2.05) is 20.4 Å². The van der Waals surface area contributed by atoms with E-state index in [1.54, 1.807) is 0 Å². The van der Waals surface area contributed by atoms with Gasteiger partial charge in [0.2, 0.25) is 0 Å². The van der Waals surface area contributed by atoms with E-state index in [1.165, 1.54) is 23.5 Å². The summed E-state index contributed by atoms with van der Waals surface area (Å²) in [5.74, 6) is -0.295. The zero-order valence-corrected chi connectivity index (χ0v) is 18.3. The smallest absolute Gasteiger partial charge is 0.271 e. The Hall–Kier alpha value is -1.63. The third-order valence-electron chi connectivity index (χ3n) is 4.36. The molecule has 7 heteroatoms. The third-order valence-corrected chi connectivity index (χ3v) is 5.20. The van der Waals surface area contributed by atoms with Gasteiger partial charge >= 0.3 is 0 Å². The average molecular weight is 407 g/mol. The second kappa shape index (κ2) is 9.04. The highest BCUT2D eigenvalue weighted by Gasteiger charge is 2.20. The van der Waals surface area contributed by atoms with Crippen LogP contribution in [-0.2, 0) is 5.41 Å². The van der Waals surface area contributed by atoms with Gasteiger partial charge in [-0.25, -0.2) is 9.97 Å². The van der Waals surface area contributed by atoms with Crippen LogP contribution in [0.4, 0.5) is 0 Å². The van der Waals surface area contributed by atoms with Crippen LogP contribution in [0.5, 0.6) is 0 Å². The molecule has 0 aliphatic rings. The second-order valence-electron chi connectivity index (χ2n) is 7.61. The summed E-state index contributed by atoms with van der Waals surface area (Å²) >= 11 is 7.47. The number of carbonyl (C=O) groups excluding carboxylic acids is 1. The van der Waals surface area contributed by atoms with Crippen molar-refractivity contribution in [2.45, 2.75) is 37.4 Å². The molecule has 0 bridgehead atoms. The maximum absolute atomic E-state index is 12.6. The van der Waals surface area contributed by atoms with Crippen molar-refractivity contribution in [3.8, 4) is 0 Å². The second-order valence-corrected chi connectivity index (χ2v) is 8.80. The van der Waals surface area contributed by atoms with Crippen LogP contribution in [0, 0.1) is 0 Å². The van der Waals surface area contributed by atoms with Gasteiger partial charge in [-0.1, -0.05) is 68.4 Å². The van der Waals surface area contributed by atoms with Crippen LogP contribution in [0.25, 0.3) is 0 Å². The summed E-state index contributed by atoms with van der Waals surface area (Å²) in [5, 5.41) is 3.72. The number of likely N-dealkylation sites (N-methyl/N-ethyl adjacent to an activating group) is 1. The topological polar surface area (TPSA) is 58.1 Å². The zero-order chi connectivity index (χ0) is 20.2. The van der Waals surface area contributed by atoms with Crippen LogP contribution in [-0.4, -0.2) is 47.7 Å². The van der Waals surface area contributed by atoms with E-state index in [0.717, 1.165) is 5.56 Å². The first-order chi connectivity index (χ1) is 12.6. The Balaban J connectivity index is 2.14. The number of carbonyl (C=O) groups is 1. The summed E-state index contributed by atoms with van der Waals surface area (Å²) in [7, 11) is 4.00. The van der Waals surface area contributed by atoms with Gasteiger partial charge in [0.05, 0.1) is 17.3 Å². The Morgan fingerprint density at radius 2 is 1.89 bits per heavy atom. The van der Waals surface area contributed by atoms with E-state index in [2.05, 4.69) is 65.2 Å². The number of hydrogen-bond acceptors (Lipinski definition) is 5. The summed E-state index contributed by atoms with van der Waals surface area (Å²) < 4.78 is 0. The van der Waals surface area contributed by atoms with E-state index in [-0.39, 0.29) is 28.1 Å². The van der Waals surface area contributed by atoms with Crippen molar-refractivity contribution in [1.82, 2.24) is 20.2 Å². The summed E-state index contributed by atoms with van der Waals surface area (Å²) in [6, 6.07) is 8.60. The van der Waals surface area contributed by atoms with Gasteiger partial charge in [-0.05, 0) is 36.9 Å². The molecule has 0 aliphatic heterocycles. The first-order valence-corrected chi connectivity index (χ1v) is 10.4. The summed E-state index contributed by atoms with van der Waals surface area (Å²) in [6.07, 6.45) is 3.32. The van der Waals surface area contributed by atoms with Gasteiger partial charge in [0.1, 0.15) is 0 Å². The van der Waals surface area contributed by atoms with Gasteiger partial charge in [-0.3, -0.25) is 4.79 Å². The Bertz CT molecular complexity index is 788. The quantitative estimate of drug-likeness (QED) is 0.576. The van der Waals surface area contributed by atoms with Crippen LogP contribution >= 0.6 is 23.4 Å². The Labute approximate surface area is 170 Å². The summed E-state index contributed by atoms with van der Waals surface area (Å²) in [4.78, 5) is 22.9. The van der Waals surface area contributed by atoms with E-state index < -0.39 is 0 Å². The molecule has 5 nitrogen and oxygen atoms in total. The minimum Gasteiger partial charge on any atom is -0.349 e. The molecule has 2 rings (SSSR count). The average Bonchev–Trinajstić information content (AvgIpc) is 2.61. The number of nitrogens with one attached hydrogen (secondary N) is 1. The molecule has 0 radical (unpaired) electrons. The molecule has 1 aromatic carbocycles. The van der Waals surface area contributed by atoms with Crippen molar-refractivity contribution < 1.29 is 4.79 Å². The molecule has 1 aromatic heterocycles. The summed E-state index contributed by atoms with van der Waals surface area (Å²) in [6.45, 7) is 7.04. The Morgan fingerprint density at radius 3 is 2.41 bits per heavy atom. The van der Waals surface area contributed by atoms with Gasteiger partial charge < -0.3 is 10.2 Å². The normalized spacial score (nSPS) is 12.9. The molecule has 0 fully saturated rings. The van der Waals surface area contributed by atoms with E-state index >= 15 is 0 Å². The number of amides is 1. The number of halogens is 1. The molecule has 0 saturated heterocycles. The lowest BCUT2D eigenvalue weighted by atomic mass is 9.86. The fourth-order valence-electron chi connectivity index (χ4n) is 2.69. The van der Waals surface area contributed by atoms with E-state index in [0.29, 0.717) is 11.7 Å². The highest BCUT2D eigenvalue weighted by atomic mass is 35.5. The van der Waals surface area contributed by atoms with E-state index in [4.69, 9.17) is 11.6 Å². The SMILES string of the molecule is CSc1ncc(Cl)c(C(=O)NC[C@H](c2ccc(C(C)(C)C)cc2)N(C)C)n1. The zero-order valence-electron chi connectivity index (χ0n) is 16.7. The standard InChI is InChI=1S/C20H27ClN4OS/c1-20(2,3)14-9-7-13(8-10-14)16(25(4)5)12-22-18(26)17-15(21)11-23-19(24-17)27-6/h7-11,16H,12H2,1-6H3,(H,22,26)/t16-/m1/s1. The lowest BCUT2D eigenvalue weighted by Gasteiger charge is -2.26. The summed E-state index contributed by atoms with van der Waals surface area (Å²) in [5.41, 5.74) is 2.74. The molecule has 1 atom stereocenters. The van der Waals surface area contributed by atoms with Crippen LogP contribution < -0.4 is 5.32 Å². The molecule has 0 unspecified atom stereocenters. The number of aromatic nitrogens is 2. The molecule has 0 spiro atoms. The molecule has 1 heterocycles. The molecule has 2 aromatic rings. The third kappa shape index (κ3) is 5.67. The van der Waals surface area contributed by atoms with Crippen molar-refractivity contribution in [2.24, 2.45) is 0 Å². The number of thioether (sulfide) groups is 1. The van der Waals surface area contributed by atoms with Crippen molar-refractivity contribution in [3.63, 3.8) is 0 Å². The van der Waals surface area contributed by atoms with Gasteiger partial charge in [0.25, 0.3) is 5.91 Å². The van der Waals surface area contributed by atoms with Crippen LogP contribution in [0.3, 0.4) is 0 Å². The predicted octanol–water partition coefficient (Wildman–Crippen LogP) is 4.18. The highest BCUT2D eigenvalue weighted by Crippen LogP contribution is 2.25. The van der Waals surface area contributed by atoms with Gasteiger partial charge in [-0.15, -0.1) is 0 Å². The van der Waals surface area contributed by atoms with E-state index in [9.17, 15) is 4.79 Å². The minimum absolute atomic E-state index is 0.0450. The molecule has 1 N–H and O–H groups in total. The predicted molar refractivity (Wildman–Crippen MR) is 113 cm³/mol. The molecule has 0 saturated carbocycles. The van der Waals surface area contributed by atoms with Crippen molar-refractivity contribution in [1.29, 1.82) is 0 Å². The van der Waals surface area contributed by atoms with Gasteiger partial charge in [0.15, 0.2) is 10.9 Å². The minimum atomic E-state index is -0.295. The van der Waals surface area contributed by atoms with Crippen molar-refractivity contribution >= 4 is 29.3 Å². The van der Waals surface area contributed by atoms with Crippen LogP contribution in [0.15, 0.2) is 35.6 Å². The number of hydrogen-bond donors (Lipinski definition) is 1. The molecule has 0 aliphatic carbocycles. The fourth-order valence-corrected chi connectivity index (χ4v) is 3.20. The lowest BCUT2D eigenvalue weighted by molar-refractivity contribution is 0.0936. The largest absolute Gasteiger partial charge is 0.349 e. The van der Waals surface area contributed by atoms with Gasteiger partial charge in [-0.2, -0.15) is 0 Å². The van der Waals surface area contributed by atoms with Gasteiger partial charge in [0, 0.05) is 6.54 Å². The fraction of sp³-hybridized carbons (Fsp3) is 0.450. The highest BCUT2D eigenvalue weighted by molar-refractivity contribution is 7.98. The molecule has 146 valence electrons. The van der Waals surface area contributed by atoms with Crippen molar-refractivity contribution in [3.05, 3.63) is 52.3 Å². The maximum atomic E-state index is 12.6.